The van der Waals surface area contributed by atoms with Crippen LogP contribution in [0.15, 0.2) is 27.4 Å². The lowest BCUT2D eigenvalue weighted by molar-refractivity contribution is 0.0832. The van der Waals surface area contributed by atoms with E-state index in [0.29, 0.717) is 24.0 Å². The molecule has 3 N–H and O–H groups in total. The first kappa shape index (κ1) is 17.3. The second-order valence-corrected chi connectivity index (χ2v) is 5.77. The zero-order valence-electron chi connectivity index (χ0n) is 13.3. The summed E-state index contributed by atoms with van der Waals surface area (Å²) in [5.41, 5.74) is -0.645. The highest BCUT2D eigenvalue weighted by molar-refractivity contribution is 5.88. The summed E-state index contributed by atoms with van der Waals surface area (Å²) in [4.78, 5) is 12.0. The van der Waals surface area contributed by atoms with Gasteiger partial charge in [-0.25, -0.2) is 4.79 Å². The Balaban J connectivity index is 2.21. The predicted molar refractivity (Wildman–Crippen MR) is 85.8 cm³/mol. The number of methoxy groups -OCH3 is 1. The maximum absolute atomic E-state index is 12.0. The smallest absolute Gasteiger partial charge is 0.347 e. The molecule has 0 amide bonds. The zero-order valence-corrected chi connectivity index (χ0v) is 13.3. The molecule has 1 aromatic carbocycles. The Morgan fingerprint density at radius 2 is 1.96 bits per heavy atom. The number of fused-ring (bicyclic) bond motifs is 1. The third-order valence-electron chi connectivity index (χ3n) is 3.79. The van der Waals surface area contributed by atoms with E-state index >= 15 is 0 Å². The van der Waals surface area contributed by atoms with E-state index in [1.54, 1.807) is 20.1 Å². The summed E-state index contributed by atoms with van der Waals surface area (Å²) in [6, 6.07) is 4.13. The highest BCUT2D eigenvalue weighted by Crippen LogP contribution is 2.28. The molecular formula is C17H22O6. The van der Waals surface area contributed by atoms with Crippen LogP contribution in [0.3, 0.4) is 0 Å². The van der Waals surface area contributed by atoms with Crippen molar-refractivity contribution in [3.63, 3.8) is 0 Å². The minimum Gasteiger partial charge on any atom is -0.508 e. The van der Waals surface area contributed by atoms with E-state index in [1.807, 2.05) is 0 Å². The Labute approximate surface area is 133 Å². The molecule has 1 aromatic heterocycles. The summed E-state index contributed by atoms with van der Waals surface area (Å²) >= 11 is 0. The van der Waals surface area contributed by atoms with Gasteiger partial charge in [-0.1, -0.05) is 0 Å². The molecule has 2 unspecified atom stereocenters. The maximum Gasteiger partial charge on any atom is 0.347 e. The van der Waals surface area contributed by atoms with Gasteiger partial charge < -0.3 is 24.5 Å². The second-order valence-electron chi connectivity index (χ2n) is 5.77. The van der Waals surface area contributed by atoms with Crippen LogP contribution in [0.1, 0.15) is 31.9 Å². The lowest BCUT2D eigenvalue weighted by atomic mass is 10.0. The normalized spacial score (nSPS) is 14.0. The summed E-state index contributed by atoms with van der Waals surface area (Å²) in [5, 5.41) is 29.1. The van der Waals surface area contributed by atoms with Gasteiger partial charge in [-0.2, -0.15) is 0 Å². The van der Waals surface area contributed by atoms with Crippen molar-refractivity contribution in [3.8, 4) is 11.5 Å². The van der Waals surface area contributed by atoms with E-state index in [9.17, 15) is 20.1 Å². The van der Waals surface area contributed by atoms with Gasteiger partial charge >= 0.3 is 5.63 Å². The summed E-state index contributed by atoms with van der Waals surface area (Å²) in [6.45, 7) is 1.74. The first-order chi connectivity index (χ1) is 10.9. The summed E-state index contributed by atoms with van der Waals surface area (Å²) in [7, 11) is 1.59. The average molecular weight is 322 g/mol. The van der Waals surface area contributed by atoms with Gasteiger partial charge in [0.05, 0.1) is 12.2 Å². The Bertz CT molecular complexity index is 719. The third kappa shape index (κ3) is 4.46. The Morgan fingerprint density at radius 3 is 2.61 bits per heavy atom. The third-order valence-corrected chi connectivity index (χ3v) is 3.79. The lowest BCUT2D eigenvalue weighted by Crippen LogP contribution is -2.16. The van der Waals surface area contributed by atoms with E-state index in [1.165, 1.54) is 6.07 Å². The number of hydrogen-bond donors (Lipinski definition) is 3. The van der Waals surface area contributed by atoms with E-state index in [0.717, 1.165) is 18.9 Å². The van der Waals surface area contributed by atoms with E-state index in [-0.39, 0.29) is 29.1 Å². The molecule has 0 radical (unpaired) electrons. The van der Waals surface area contributed by atoms with Crippen molar-refractivity contribution in [3.05, 3.63) is 34.4 Å². The molecule has 23 heavy (non-hydrogen) atoms. The molecule has 0 aliphatic carbocycles. The largest absolute Gasteiger partial charge is 0.508 e. The quantitative estimate of drug-likeness (QED) is 0.723. The molecular weight excluding hydrogens is 300 g/mol. The first-order valence-electron chi connectivity index (χ1n) is 7.60. The van der Waals surface area contributed by atoms with E-state index in [4.69, 9.17) is 9.15 Å². The molecule has 0 spiro atoms. The zero-order chi connectivity index (χ0) is 17.0. The number of phenols is 2. The van der Waals surface area contributed by atoms with Gasteiger partial charge in [0.15, 0.2) is 0 Å². The topological polar surface area (TPSA) is 100 Å². The van der Waals surface area contributed by atoms with E-state index < -0.39 is 5.63 Å². The van der Waals surface area contributed by atoms with Gasteiger partial charge in [0.2, 0.25) is 0 Å². The molecule has 1 heterocycles. The summed E-state index contributed by atoms with van der Waals surface area (Å²) in [6.07, 6.45) is 2.13. The predicted octanol–water partition coefficient (Wildman–Crippen LogP) is 2.31. The molecule has 2 atom stereocenters. The van der Waals surface area contributed by atoms with Crippen molar-refractivity contribution in [2.45, 2.75) is 44.8 Å². The molecule has 0 saturated carbocycles. The standard InChI is InChI=1S/C17H22O6/c1-10(18)4-3-5-13(22-2)9-14-7-11-6-12(19)8-15(20)16(11)17(21)23-14/h6-8,10,13,18-20H,3-5,9H2,1-2H3. The first-order valence-corrected chi connectivity index (χ1v) is 7.60. The summed E-state index contributed by atoms with van der Waals surface area (Å²) < 4.78 is 10.6. The molecule has 0 aliphatic heterocycles. The lowest BCUT2D eigenvalue weighted by Gasteiger charge is -2.15. The van der Waals surface area contributed by atoms with Gasteiger partial charge in [0.1, 0.15) is 22.6 Å². The number of aliphatic hydroxyl groups is 1. The average Bonchev–Trinajstić information content (AvgIpc) is 2.44. The van der Waals surface area contributed by atoms with Gasteiger partial charge in [0.25, 0.3) is 0 Å². The number of phenolic OH excluding ortho intramolecular Hbond substituents is 2. The Morgan fingerprint density at radius 1 is 1.22 bits per heavy atom. The molecule has 0 fully saturated rings. The maximum atomic E-state index is 12.0. The van der Waals surface area contributed by atoms with Crippen LogP contribution in [0.2, 0.25) is 0 Å². The molecule has 0 bridgehead atoms. The fourth-order valence-electron chi connectivity index (χ4n) is 2.61. The number of hydrogen-bond acceptors (Lipinski definition) is 6. The highest BCUT2D eigenvalue weighted by Gasteiger charge is 2.15. The van der Waals surface area contributed by atoms with Crippen LogP contribution >= 0.6 is 0 Å². The van der Waals surface area contributed by atoms with Crippen molar-refractivity contribution in [1.29, 1.82) is 0 Å². The molecule has 6 heteroatoms. The Hall–Kier alpha value is -2.05. The van der Waals surface area contributed by atoms with Crippen molar-refractivity contribution in [2.75, 3.05) is 7.11 Å². The summed E-state index contributed by atoms with van der Waals surface area (Å²) in [5.74, 6) is 0.00342. The number of benzene rings is 1. The second kappa shape index (κ2) is 7.48. The number of ether oxygens (including phenoxy) is 1. The molecule has 2 aromatic rings. The molecule has 0 saturated heterocycles. The fraction of sp³-hybridized carbons (Fsp3) is 0.471. The van der Waals surface area contributed by atoms with Crippen LogP contribution < -0.4 is 5.63 Å². The molecule has 2 rings (SSSR count). The minimum atomic E-state index is -0.645. The molecule has 6 nitrogen and oxygen atoms in total. The van der Waals surface area contributed by atoms with Crippen LogP contribution in [-0.2, 0) is 11.2 Å². The van der Waals surface area contributed by atoms with Gasteiger partial charge in [-0.15, -0.1) is 0 Å². The highest BCUT2D eigenvalue weighted by atomic mass is 16.5. The van der Waals surface area contributed by atoms with Gasteiger partial charge in [-0.05, 0) is 43.7 Å². The van der Waals surface area contributed by atoms with Crippen LogP contribution in [0.4, 0.5) is 0 Å². The van der Waals surface area contributed by atoms with Gasteiger partial charge in [-0.3, -0.25) is 0 Å². The van der Waals surface area contributed by atoms with Crippen molar-refractivity contribution >= 4 is 10.8 Å². The van der Waals surface area contributed by atoms with Crippen molar-refractivity contribution in [1.82, 2.24) is 0 Å². The Kier molecular flexibility index (Phi) is 5.63. The minimum absolute atomic E-state index is 0.0506. The van der Waals surface area contributed by atoms with Crippen LogP contribution in [0.5, 0.6) is 11.5 Å². The number of aliphatic hydroxyl groups excluding tert-OH is 1. The SMILES string of the molecule is COC(CCCC(C)O)Cc1cc2cc(O)cc(O)c2c(=O)o1. The fourth-order valence-corrected chi connectivity index (χ4v) is 2.61. The number of aromatic hydroxyl groups is 2. The van der Waals surface area contributed by atoms with Crippen LogP contribution in [0.25, 0.3) is 10.8 Å². The van der Waals surface area contributed by atoms with Crippen molar-refractivity contribution < 1.29 is 24.5 Å². The molecule has 0 aliphatic rings. The number of rotatable bonds is 7. The monoisotopic (exact) mass is 322 g/mol. The van der Waals surface area contributed by atoms with E-state index in [2.05, 4.69) is 0 Å². The molecule has 126 valence electrons. The van der Waals surface area contributed by atoms with Crippen LogP contribution in [0, 0.1) is 0 Å². The van der Waals surface area contributed by atoms with Crippen LogP contribution in [-0.4, -0.2) is 34.6 Å². The van der Waals surface area contributed by atoms with Crippen molar-refractivity contribution in [2.24, 2.45) is 0 Å². The van der Waals surface area contributed by atoms with Gasteiger partial charge in [0, 0.05) is 19.6 Å².